The number of carbonyl (C=O) groups excluding carboxylic acids is 1. The molecule has 1 atom stereocenters. The third-order valence-corrected chi connectivity index (χ3v) is 3.29. The molecule has 0 fully saturated rings. The summed E-state index contributed by atoms with van der Waals surface area (Å²) in [4.78, 5) is 12.1. The molecule has 5 heteroatoms. The zero-order valence-electron chi connectivity index (χ0n) is 10.4. The Morgan fingerprint density at radius 3 is 2.30 bits per heavy atom. The van der Waals surface area contributed by atoms with Gasteiger partial charge < -0.3 is 20.1 Å². The molecule has 1 aliphatic heterocycles. The molecule has 1 heterocycles. The van der Waals surface area contributed by atoms with Crippen molar-refractivity contribution in [1.29, 1.82) is 0 Å². The zero-order chi connectivity index (χ0) is 14.3. The maximum atomic E-state index is 12.1. The quantitative estimate of drug-likeness (QED) is 0.694. The van der Waals surface area contributed by atoms with E-state index >= 15 is 0 Å². The molecular formula is C15H12O5. The number of benzene rings is 2. The summed E-state index contributed by atoms with van der Waals surface area (Å²) in [7, 11) is 0. The van der Waals surface area contributed by atoms with Crippen LogP contribution in [0.1, 0.15) is 28.4 Å². The third kappa shape index (κ3) is 1.93. The van der Waals surface area contributed by atoms with Gasteiger partial charge in [-0.1, -0.05) is 12.1 Å². The molecule has 0 saturated carbocycles. The highest BCUT2D eigenvalue weighted by atomic mass is 16.5. The predicted molar refractivity (Wildman–Crippen MR) is 70.2 cm³/mol. The van der Waals surface area contributed by atoms with Crippen molar-refractivity contribution in [2.24, 2.45) is 0 Å². The fourth-order valence-corrected chi connectivity index (χ4v) is 2.28. The maximum Gasteiger partial charge on any atom is 0.176 e. The van der Waals surface area contributed by atoms with Crippen molar-refractivity contribution in [3.8, 4) is 23.0 Å². The summed E-state index contributed by atoms with van der Waals surface area (Å²) in [6.07, 6.45) is -0.488. The van der Waals surface area contributed by atoms with Gasteiger partial charge >= 0.3 is 0 Å². The molecule has 3 rings (SSSR count). The molecule has 0 unspecified atom stereocenters. The van der Waals surface area contributed by atoms with Gasteiger partial charge in [0, 0.05) is 0 Å². The van der Waals surface area contributed by atoms with E-state index in [4.69, 9.17) is 4.74 Å². The molecule has 1 aliphatic rings. The summed E-state index contributed by atoms with van der Waals surface area (Å²) in [6, 6.07) is 8.84. The highest BCUT2D eigenvalue weighted by molar-refractivity contribution is 6.03. The lowest BCUT2D eigenvalue weighted by Gasteiger charge is -2.26. The summed E-state index contributed by atoms with van der Waals surface area (Å²) >= 11 is 0. The average Bonchev–Trinajstić information content (AvgIpc) is 2.43. The van der Waals surface area contributed by atoms with E-state index in [-0.39, 0.29) is 40.8 Å². The summed E-state index contributed by atoms with van der Waals surface area (Å²) in [5.74, 6) is -0.560. The molecule has 0 aromatic heterocycles. The Morgan fingerprint density at radius 1 is 0.950 bits per heavy atom. The van der Waals surface area contributed by atoms with Crippen molar-refractivity contribution in [2.45, 2.75) is 12.5 Å². The average molecular weight is 272 g/mol. The minimum absolute atomic E-state index is 0.000625. The van der Waals surface area contributed by atoms with Crippen molar-refractivity contribution in [1.82, 2.24) is 0 Å². The normalized spacial score (nSPS) is 17.4. The van der Waals surface area contributed by atoms with Gasteiger partial charge in [-0.05, 0) is 29.8 Å². The summed E-state index contributed by atoms with van der Waals surface area (Å²) in [5, 5.41) is 28.7. The fourth-order valence-electron chi connectivity index (χ4n) is 2.28. The molecule has 0 amide bonds. The minimum Gasteiger partial charge on any atom is -0.508 e. The molecule has 0 spiro atoms. The zero-order valence-corrected chi connectivity index (χ0v) is 10.4. The Bertz CT molecular complexity index is 675. The number of hydrogen-bond donors (Lipinski definition) is 3. The number of carbonyl (C=O) groups is 1. The van der Waals surface area contributed by atoms with Gasteiger partial charge in [0.15, 0.2) is 17.3 Å². The number of hydrogen-bond acceptors (Lipinski definition) is 5. The van der Waals surface area contributed by atoms with Crippen LogP contribution < -0.4 is 4.74 Å². The summed E-state index contributed by atoms with van der Waals surface area (Å²) in [5.41, 5.74) is 0.726. The molecular weight excluding hydrogens is 260 g/mol. The van der Waals surface area contributed by atoms with Crippen molar-refractivity contribution in [2.75, 3.05) is 0 Å². The van der Waals surface area contributed by atoms with Gasteiger partial charge in [-0.3, -0.25) is 4.79 Å². The highest BCUT2D eigenvalue weighted by Crippen LogP contribution is 2.44. The van der Waals surface area contributed by atoms with E-state index in [1.807, 2.05) is 0 Å². The van der Waals surface area contributed by atoms with Crippen LogP contribution in [0.25, 0.3) is 0 Å². The lowest BCUT2D eigenvalue weighted by atomic mass is 9.95. The first-order valence-electron chi connectivity index (χ1n) is 6.10. The summed E-state index contributed by atoms with van der Waals surface area (Å²) in [6.45, 7) is 0. The van der Waals surface area contributed by atoms with E-state index in [0.29, 0.717) is 5.56 Å². The van der Waals surface area contributed by atoms with Crippen LogP contribution >= 0.6 is 0 Å². The van der Waals surface area contributed by atoms with Crippen molar-refractivity contribution < 1.29 is 24.9 Å². The lowest BCUT2D eigenvalue weighted by molar-refractivity contribution is 0.0837. The number of phenolic OH excluding ortho intramolecular Hbond substituents is 3. The van der Waals surface area contributed by atoms with Gasteiger partial charge in [-0.2, -0.15) is 0 Å². The van der Waals surface area contributed by atoms with Crippen molar-refractivity contribution >= 4 is 5.78 Å². The standard InChI is InChI=1S/C15H12O5/c16-9-3-1-8(2-4-9)13-7-12(19)14-10(17)5-6-11(18)15(14)20-13/h1-6,13,16-18H,7H2/t13-/m1/s1. The van der Waals surface area contributed by atoms with Crippen LogP contribution in [0.3, 0.4) is 0 Å². The number of phenols is 3. The smallest absolute Gasteiger partial charge is 0.176 e. The second-order valence-corrected chi connectivity index (χ2v) is 4.63. The molecule has 20 heavy (non-hydrogen) atoms. The molecule has 0 aliphatic carbocycles. The van der Waals surface area contributed by atoms with Gasteiger partial charge in [0.25, 0.3) is 0 Å². The van der Waals surface area contributed by atoms with E-state index in [1.165, 1.54) is 24.3 Å². The van der Waals surface area contributed by atoms with Crippen LogP contribution in [-0.4, -0.2) is 21.1 Å². The van der Waals surface area contributed by atoms with Gasteiger partial charge in [0.1, 0.15) is 23.2 Å². The first-order valence-corrected chi connectivity index (χ1v) is 6.10. The molecule has 0 radical (unpaired) electrons. The monoisotopic (exact) mass is 272 g/mol. The van der Waals surface area contributed by atoms with E-state index in [1.54, 1.807) is 12.1 Å². The molecule has 0 bridgehead atoms. The molecule has 102 valence electrons. The SMILES string of the molecule is O=C1C[C@H](c2ccc(O)cc2)Oc2c(O)ccc(O)c21. The van der Waals surface area contributed by atoms with Crippen LogP contribution in [0, 0.1) is 0 Å². The second kappa shape index (κ2) is 4.45. The molecule has 5 nitrogen and oxygen atoms in total. The number of fused-ring (bicyclic) bond motifs is 1. The Labute approximate surface area is 114 Å². The molecule has 2 aromatic carbocycles. The lowest BCUT2D eigenvalue weighted by Crippen LogP contribution is -2.20. The van der Waals surface area contributed by atoms with E-state index in [0.717, 1.165) is 0 Å². The maximum absolute atomic E-state index is 12.1. The highest BCUT2D eigenvalue weighted by Gasteiger charge is 2.32. The first kappa shape index (κ1) is 12.3. The predicted octanol–water partition coefficient (Wildman–Crippen LogP) is 2.51. The Kier molecular flexibility index (Phi) is 2.75. The van der Waals surface area contributed by atoms with Crippen LogP contribution in [0.4, 0.5) is 0 Å². The van der Waals surface area contributed by atoms with Crippen molar-refractivity contribution in [3.05, 3.63) is 47.5 Å². The van der Waals surface area contributed by atoms with Crippen LogP contribution in [0.2, 0.25) is 0 Å². The number of ether oxygens (including phenoxy) is 1. The summed E-state index contributed by atoms with van der Waals surface area (Å²) < 4.78 is 5.63. The minimum atomic E-state index is -0.553. The van der Waals surface area contributed by atoms with E-state index in [9.17, 15) is 20.1 Å². The number of ketones is 1. The fraction of sp³-hybridized carbons (Fsp3) is 0.133. The van der Waals surface area contributed by atoms with Gasteiger partial charge in [0.2, 0.25) is 0 Å². The topological polar surface area (TPSA) is 87.0 Å². The third-order valence-electron chi connectivity index (χ3n) is 3.29. The second-order valence-electron chi connectivity index (χ2n) is 4.63. The number of aromatic hydroxyl groups is 3. The van der Waals surface area contributed by atoms with E-state index < -0.39 is 6.10 Å². The van der Waals surface area contributed by atoms with Gasteiger partial charge in [0.05, 0.1) is 6.42 Å². The Balaban J connectivity index is 2.02. The molecule has 0 saturated heterocycles. The number of Topliss-reactive ketones (excluding diaryl/α,β-unsaturated/α-hetero) is 1. The molecule has 2 aromatic rings. The van der Waals surface area contributed by atoms with Crippen molar-refractivity contribution in [3.63, 3.8) is 0 Å². The molecule has 3 N–H and O–H groups in total. The van der Waals surface area contributed by atoms with E-state index in [2.05, 4.69) is 0 Å². The van der Waals surface area contributed by atoms with Crippen LogP contribution in [0.5, 0.6) is 23.0 Å². The van der Waals surface area contributed by atoms with Crippen LogP contribution in [0.15, 0.2) is 36.4 Å². The van der Waals surface area contributed by atoms with Gasteiger partial charge in [-0.15, -0.1) is 0 Å². The van der Waals surface area contributed by atoms with Gasteiger partial charge in [-0.25, -0.2) is 0 Å². The Morgan fingerprint density at radius 2 is 1.60 bits per heavy atom. The largest absolute Gasteiger partial charge is 0.508 e. The first-order chi connectivity index (χ1) is 9.56. The van der Waals surface area contributed by atoms with Crippen LogP contribution in [-0.2, 0) is 0 Å². The Hall–Kier alpha value is -2.69. The number of rotatable bonds is 1.